The molecule has 1 aromatic rings. The maximum Gasteiger partial charge on any atom is 0.194 e. The number of nitrogens with one attached hydrogen (secondary N) is 1. The summed E-state index contributed by atoms with van der Waals surface area (Å²) in [6.45, 7) is 4.51. The quantitative estimate of drug-likeness (QED) is 0.452. The van der Waals surface area contributed by atoms with Gasteiger partial charge in [-0.05, 0) is 30.7 Å². The highest BCUT2D eigenvalue weighted by Crippen LogP contribution is 2.13. The van der Waals surface area contributed by atoms with Gasteiger partial charge in [0.2, 0.25) is 0 Å². The van der Waals surface area contributed by atoms with Gasteiger partial charge in [0.05, 0.1) is 0 Å². The summed E-state index contributed by atoms with van der Waals surface area (Å²) in [6, 6.07) is 1.97. The van der Waals surface area contributed by atoms with E-state index in [-0.39, 0.29) is 0 Å². The second-order valence-electron chi connectivity index (χ2n) is 3.13. The zero-order valence-electron chi connectivity index (χ0n) is 8.19. The SMILES string of the molecule is C=CCCNCc1cc(F)c(F)c(F)c1. The van der Waals surface area contributed by atoms with Crippen LogP contribution in [0.25, 0.3) is 0 Å². The molecule has 0 bridgehead atoms. The zero-order chi connectivity index (χ0) is 11.3. The van der Waals surface area contributed by atoms with Crippen LogP contribution in [0.2, 0.25) is 0 Å². The number of hydrogen-bond donors (Lipinski definition) is 1. The molecule has 1 N–H and O–H groups in total. The normalized spacial score (nSPS) is 10.3. The Labute approximate surface area is 86.6 Å². The predicted molar refractivity (Wildman–Crippen MR) is 52.8 cm³/mol. The maximum absolute atomic E-state index is 12.8. The van der Waals surface area contributed by atoms with Gasteiger partial charge in [0.25, 0.3) is 0 Å². The van der Waals surface area contributed by atoms with Crippen LogP contribution in [0.3, 0.4) is 0 Å². The van der Waals surface area contributed by atoms with E-state index < -0.39 is 17.5 Å². The summed E-state index contributed by atoms with van der Waals surface area (Å²) in [5.74, 6) is -3.74. The lowest BCUT2D eigenvalue weighted by Gasteiger charge is -2.04. The van der Waals surface area contributed by atoms with Crippen LogP contribution in [0.15, 0.2) is 24.8 Å². The summed E-state index contributed by atoms with van der Waals surface area (Å²) >= 11 is 0. The van der Waals surface area contributed by atoms with Crippen molar-refractivity contribution in [2.75, 3.05) is 6.54 Å². The number of hydrogen-bond acceptors (Lipinski definition) is 1. The van der Waals surface area contributed by atoms with Crippen LogP contribution < -0.4 is 5.32 Å². The van der Waals surface area contributed by atoms with Crippen LogP contribution in [0, 0.1) is 17.5 Å². The van der Waals surface area contributed by atoms with E-state index in [1.807, 2.05) is 0 Å². The van der Waals surface area contributed by atoms with Crippen molar-refractivity contribution in [3.8, 4) is 0 Å². The molecule has 0 unspecified atom stereocenters. The van der Waals surface area contributed by atoms with Gasteiger partial charge < -0.3 is 5.32 Å². The second kappa shape index (κ2) is 5.56. The monoisotopic (exact) mass is 215 g/mol. The first-order valence-corrected chi connectivity index (χ1v) is 4.60. The van der Waals surface area contributed by atoms with Crippen LogP contribution in [0.4, 0.5) is 13.2 Å². The largest absolute Gasteiger partial charge is 0.312 e. The van der Waals surface area contributed by atoms with Crippen LogP contribution in [0.1, 0.15) is 12.0 Å². The lowest BCUT2D eigenvalue weighted by molar-refractivity contribution is 0.444. The molecular weight excluding hydrogens is 203 g/mol. The molecule has 0 radical (unpaired) electrons. The molecule has 4 heteroatoms. The molecule has 0 atom stereocenters. The van der Waals surface area contributed by atoms with E-state index in [0.717, 1.165) is 18.6 Å². The summed E-state index contributed by atoms with van der Waals surface area (Å²) in [7, 11) is 0. The van der Waals surface area contributed by atoms with Gasteiger partial charge in [0.15, 0.2) is 17.5 Å². The Kier molecular flexibility index (Phi) is 4.37. The topological polar surface area (TPSA) is 12.0 Å². The first-order chi connectivity index (χ1) is 7.15. The third-order valence-corrected chi connectivity index (χ3v) is 1.90. The molecule has 0 saturated carbocycles. The molecule has 0 saturated heterocycles. The van der Waals surface area contributed by atoms with Crippen molar-refractivity contribution in [3.05, 3.63) is 47.8 Å². The fourth-order valence-corrected chi connectivity index (χ4v) is 1.15. The van der Waals surface area contributed by atoms with Crippen molar-refractivity contribution >= 4 is 0 Å². The molecule has 1 rings (SSSR count). The van der Waals surface area contributed by atoms with Crippen LogP contribution in [-0.4, -0.2) is 6.54 Å². The van der Waals surface area contributed by atoms with Gasteiger partial charge in [-0.3, -0.25) is 0 Å². The minimum Gasteiger partial charge on any atom is -0.312 e. The highest BCUT2D eigenvalue weighted by Gasteiger charge is 2.09. The fraction of sp³-hybridized carbons (Fsp3) is 0.273. The smallest absolute Gasteiger partial charge is 0.194 e. The fourth-order valence-electron chi connectivity index (χ4n) is 1.15. The molecule has 1 nitrogen and oxygen atoms in total. The van der Waals surface area contributed by atoms with E-state index in [9.17, 15) is 13.2 Å². The maximum atomic E-state index is 12.8. The summed E-state index contributed by atoms with van der Waals surface area (Å²) in [5, 5.41) is 2.95. The van der Waals surface area contributed by atoms with Crippen molar-refractivity contribution in [2.45, 2.75) is 13.0 Å². The lowest BCUT2D eigenvalue weighted by atomic mass is 10.2. The average Bonchev–Trinajstić information content (AvgIpc) is 2.21. The third kappa shape index (κ3) is 3.40. The van der Waals surface area contributed by atoms with Crippen molar-refractivity contribution in [2.24, 2.45) is 0 Å². The minimum atomic E-state index is -1.43. The summed E-state index contributed by atoms with van der Waals surface area (Å²) in [5.41, 5.74) is 0.385. The van der Waals surface area contributed by atoms with Crippen molar-refractivity contribution in [1.29, 1.82) is 0 Å². The van der Waals surface area contributed by atoms with Crippen LogP contribution in [-0.2, 0) is 6.54 Å². The number of benzene rings is 1. The van der Waals surface area contributed by atoms with Gasteiger partial charge in [-0.15, -0.1) is 6.58 Å². The lowest BCUT2D eigenvalue weighted by Crippen LogP contribution is -2.14. The average molecular weight is 215 g/mol. The molecule has 0 aliphatic carbocycles. The van der Waals surface area contributed by atoms with Crippen molar-refractivity contribution in [3.63, 3.8) is 0 Å². The Morgan fingerprint density at radius 3 is 2.33 bits per heavy atom. The van der Waals surface area contributed by atoms with Gasteiger partial charge in [-0.2, -0.15) is 0 Å². The second-order valence-corrected chi connectivity index (χ2v) is 3.13. The van der Waals surface area contributed by atoms with E-state index in [0.29, 0.717) is 18.7 Å². The van der Waals surface area contributed by atoms with E-state index in [1.165, 1.54) is 0 Å². The molecule has 0 aromatic heterocycles. The van der Waals surface area contributed by atoms with E-state index in [4.69, 9.17) is 0 Å². The van der Waals surface area contributed by atoms with Gasteiger partial charge in [0, 0.05) is 6.54 Å². The predicted octanol–water partition coefficient (Wildman–Crippen LogP) is 2.77. The molecule has 0 heterocycles. The first-order valence-electron chi connectivity index (χ1n) is 4.60. The molecule has 15 heavy (non-hydrogen) atoms. The summed E-state index contributed by atoms with van der Waals surface area (Å²) < 4.78 is 38.1. The Morgan fingerprint density at radius 1 is 1.20 bits per heavy atom. The van der Waals surface area contributed by atoms with Crippen LogP contribution >= 0.6 is 0 Å². The molecule has 0 aliphatic rings. The van der Waals surface area contributed by atoms with E-state index in [1.54, 1.807) is 6.08 Å². The molecular formula is C11H12F3N. The van der Waals surface area contributed by atoms with Gasteiger partial charge in [0.1, 0.15) is 0 Å². The zero-order valence-corrected chi connectivity index (χ0v) is 8.19. The van der Waals surface area contributed by atoms with Gasteiger partial charge in [-0.1, -0.05) is 6.08 Å². The molecule has 0 spiro atoms. The molecule has 0 aliphatic heterocycles. The summed E-state index contributed by atoms with van der Waals surface area (Å²) in [6.07, 6.45) is 2.50. The Morgan fingerprint density at radius 2 is 1.80 bits per heavy atom. The third-order valence-electron chi connectivity index (χ3n) is 1.90. The minimum absolute atomic E-state index is 0.307. The van der Waals surface area contributed by atoms with E-state index in [2.05, 4.69) is 11.9 Å². The molecule has 0 fully saturated rings. The highest BCUT2D eigenvalue weighted by atomic mass is 19.2. The summed E-state index contributed by atoms with van der Waals surface area (Å²) in [4.78, 5) is 0. The Balaban J connectivity index is 2.58. The standard InChI is InChI=1S/C11H12F3N/c1-2-3-4-15-7-8-5-9(12)11(14)10(13)6-8/h2,5-6,15H,1,3-4,7H2. The van der Waals surface area contributed by atoms with Gasteiger partial charge in [-0.25, -0.2) is 13.2 Å². The number of rotatable bonds is 5. The Bertz CT molecular complexity index is 327. The number of halogens is 3. The van der Waals surface area contributed by atoms with Crippen molar-refractivity contribution < 1.29 is 13.2 Å². The first kappa shape index (κ1) is 11.8. The Hall–Kier alpha value is -1.29. The molecule has 0 amide bonds. The van der Waals surface area contributed by atoms with Gasteiger partial charge >= 0.3 is 0 Å². The highest BCUT2D eigenvalue weighted by molar-refractivity contribution is 5.19. The van der Waals surface area contributed by atoms with E-state index >= 15 is 0 Å². The van der Waals surface area contributed by atoms with Crippen LogP contribution in [0.5, 0.6) is 0 Å². The van der Waals surface area contributed by atoms with Crippen molar-refractivity contribution in [1.82, 2.24) is 5.32 Å². The molecule has 82 valence electrons. The molecule has 1 aromatic carbocycles.